The molecule has 0 bridgehead atoms. The molecule has 0 fully saturated rings. The second-order valence-electron chi connectivity index (χ2n) is 5.08. The van der Waals surface area contributed by atoms with Crippen molar-refractivity contribution in [3.05, 3.63) is 23.8 Å². The van der Waals surface area contributed by atoms with E-state index in [0.29, 0.717) is 16.9 Å². The maximum absolute atomic E-state index is 11.2. The van der Waals surface area contributed by atoms with Crippen LogP contribution in [0.1, 0.15) is 31.1 Å². The van der Waals surface area contributed by atoms with Crippen LogP contribution in [0.4, 0.5) is 11.4 Å². The van der Waals surface area contributed by atoms with E-state index in [1.165, 1.54) is 0 Å². The van der Waals surface area contributed by atoms with Crippen LogP contribution in [0.5, 0.6) is 0 Å². The highest BCUT2D eigenvalue weighted by Gasteiger charge is 2.13. The van der Waals surface area contributed by atoms with Crippen molar-refractivity contribution in [1.82, 2.24) is 0 Å². The topological polar surface area (TPSA) is 81.1 Å². The van der Waals surface area contributed by atoms with Gasteiger partial charge in [0, 0.05) is 17.9 Å². The van der Waals surface area contributed by atoms with E-state index in [9.17, 15) is 4.79 Å². The first kappa shape index (κ1) is 12.4. The minimum Gasteiger partial charge on any atom is -0.399 e. The van der Waals surface area contributed by atoms with Gasteiger partial charge in [-0.1, -0.05) is 20.8 Å². The summed E-state index contributed by atoms with van der Waals surface area (Å²) in [5.74, 6) is -0.448. The van der Waals surface area contributed by atoms with Crippen molar-refractivity contribution in [2.24, 2.45) is 11.1 Å². The summed E-state index contributed by atoms with van der Waals surface area (Å²) in [6, 6.07) is 5.04. The van der Waals surface area contributed by atoms with E-state index in [1.54, 1.807) is 18.2 Å². The summed E-state index contributed by atoms with van der Waals surface area (Å²) in [6.45, 7) is 7.07. The number of nitrogens with one attached hydrogen (secondary N) is 1. The highest BCUT2D eigenvalue weighted by Crippen LogP contribution is 2.21. The number of rotatable bonds is 3. The van der Waals surface area contributed by atoms with Gasteiger partial charge in [0.15, 0.2) is 0 Å². The summed E-state index contributed by atoms with van der Waals surface area (Å²) in [5.41, 5.74) is 12.9. The normalized spacial score (nSPS) is 11.2. The Morgan fingerprint density at radius 3 is 2.50 bits per heavy atom. The number of primary amides is 1. The van der Waals surface area contributed by atoms with Crippen LogP contribution in [0, 0.1) is 5.41 Å². The second-order valence-corrected chi connectivity index (χ2v) is 5.08. The lowest BCUT2D eigenvalue weighted by Crippen LogP contribution is -2.21. The van der Waals surface area contributed by atoms with Crippen LogP contribution < -0.4 is 16.8 Å². The number of anilines is 2. The van der Waals surface area contributed by atoms with Gasteiger partial charge in [-0.3, -0.25) is 4.79 Å². The van der Waals surface area contributed by atoms with Gasteiger partial charge in [0.25, 0.3) is 5.91 Å². The van der Waals surface area contributed by atoms with Gasteiger partial charge in [-0.2, -0.15) is 0 Å². The van der Waals surface area contributed by atoms with Gasteiger partial charge in [-0.05, 0) is 23.6 Å². The Morgan fingerprint density at radius 1 is 1.38 bits per heavy atom. The van der Waals surface area contributed by atoms with Crippen molar-refractivity contribution in [2.45, 2.75) is 20.8 Å². The van der Waals surface area contributed by atoms with E-state index in [2.05, 4.69) is 26.1 Å². The molecule has 4 nitrogen and oxygen atoms in total. The minimum atomic E-state index is -0.448. The molecule has 5 N–H and O–H groups in total. The van der Waals surface area contributed by atoms with E-state index in [4.69, 9.17) is 11.5 Å². The summed E-state index contributed by atoms with van der Waals surface area (Å²) in [5, 5.41) is 3.19. The van der Waals surface area contributed by atoms with Gasteiger partial charge in [0.2, 0.25) is 0 Å². The Morgan fingerprint density at radius 2 is 2.00 bits per heavy atom. The fourth-order valence-corrected chi connectivity index (χ4v) is 1.28. The molecule has 0 atom stereocenters. The number of benzene rings is 1. The van der Waals surface area contributed by atoms with Gasteiger partial charge in [0.1, 0.15) is 0 Å². The average Bonchev–Trinajstić information content (AvgIpc) is 2.13. The SMILES string of the molecule is CC(C)(C)CNc1cc(N)ccc1C(N)=O. The average molecular weight is 221 g/mol. The fourth-order valence-electron chi connectivity index (χ4n) is 1.28. The molecule has 0 aliphatic heterocycles. The van der Waals surface area contributed by atoms with Gasteiger partial charge in [0.05, 0.1) is 5.56 Å². The van der Waals surface area contributed by atoms with Gasteiger partial charge >= 0.3 is 0 Å². The molecule has 1 rings (SSSR count). The zero-order valence-electron chi connectivity index (χ0n) is 10.0. The predicted octanol–water partition coefficient (Wildman–Crippen LogP) is 1.83. The lowest BCUT2D eigenvalue weighted by atomic mass is 9.96. The molecule has 0 saturated carbocycles. The standard InChI is InChI=1S/C12H19N3O/c1-12(2,3)7-15-10-6-8(13)4-5-9(10)11(14)16/h4-6,15H,7,13H2,1-3H3,(H2,14,16). The molecule has 0 aromatic heterocycles. The Bertz CT molecular complexity index is 394. The lowest BCUT2D eigenvalue weighted by Gasteiger charge is -2.20. The van der Waals surface area contributed by atoms with Crippen LogP contribution in [-0.4, -0.2) is 12.5 Å². The van der Waals surface area contributed by atoms with Crippen molar-refractivity contribution in [3.63, 3.8) is 0 Å². The van der Waals surface area contributed by atoms with Crippen LogP contribution in [0.15, 0.2) is 18.2 Å². The van der Waals surface area contributed by atoms with Crippen LogP contribution >= 0.6 is 0 Å². The van der Waals surface area contributed by atoms with Crippen molar-refractivity contribution in [2.75, 3.05) is 17.6 Å². The van der Waals surface area contributed by atoms with Crippen LogP contribution in [0.3, 0.4) is 0 Å². The third-order valence-electron chi connectivity index (χ3n) is 2.12. The molecule has 0 spiro atoms. The smallest absolute Gasteiger partial charge is 0.250 e. The maximum Gasteiger partial charge on any atom is 0.250 e. The van der Waals surface area contributed by atoms with Gasteiger partial charge in [-0.25, -0.2) is 0 Å². The molecular weight excluding hydrogens is 202 g/mol. The molecule has 16 heavy (non-hydrogen) atoms. The number of hydrogen-bond donors (Lipinski definition) is 3. The van der Waals surface area contributed by atoms with E-state index in [-0.39, 0.29) is 5.41 Å². The third kappa shape index (κ3) is 3.46. The number of carbonyl (C=O) groups excluding carboxylic acids is 1. The number of nitrogen functional groups attached to an aromatic ring is 1. The van der Waals surface area contributed by atoms with E-state index >= 15 is 0 Å². The van der Waals surface area contributed by atoms with Crippen molar-refractivity contribution >= 4 is 17.3 Å². The summed E-state index contributed by atoms with van der Waals surface area (Å²) >= 11 is 0. The summed E-state index contributed by atoms with van der Waals surface area (Å²) < 4.78 is 0. The number of carbonyl (C=O) groups is 1. The molecule has 0 saturated heterocycles. The molecule has 1 aromatic carbocycles. The fraction of sp³-hybridized carbons (Fsp3) is 0.417. The molecule has 4 heteroatoms. The molecule has 1 aromatic rings. The molecule has 0 aliphatic carbocycles. The number of nitrogens with two attached hydrogens (primary N) is 2. The number of hydrogen-bond acceptors (Lipinski definition) is 3. The molecule has 88 valence electrons. The largest absolute Gasteiger partial charge is 0.399 e. The Hall–Kier alpha value is -1.71. The van der Waals surface area contributed by atoms with E-state index in [0.717, 1.165) is 6.54 Å². The second kappa shape index (κ2) is 4.43. The zero-order valence-corrected chi connectivity index (χ0v) is 10.0. The summed E-state index contributed by atoms with van der Waals surface area (Å²) in [7, 11) is 0. The first-order valence-electron chi connectivity index (χ1n) is 5.23. The molecular formula is C12H19N3O. The van der Waals surface area contributed by atoms with Crippen LogP contribution in [0.2, 0.25) is 0 Å². The molecule has 0 aliphatic rings. The number of amides is 1. The van der Waals surface area contributed by atoms with Crippen molar-refractivity contribution < 1.29 is 4.79 Å². The molecule has 0 unspecified atom stereocenters. The van der Waals surface area contributed by atoms with Gasteiger partial charge < -0.3 is 16.8 Å². The first-order valence-corrected chi connectivity index (χ1v) is 5.23. The van der Waals surface area contributed by atoms with Gasteiger partial charge in [-0.15, -0.1) is 0 Å². The van der Waals surface area contributed by atoms with Crippen LogP contribution in [-0.2, 0) is 0 Å². The van der Waals surface area contributed by atoms with Crippen LogP contribution in [0.25, 0.3) is 0 Å². The maximum atomic E-state index is 11.2. The third-order valence-corrected chi connectivity index (χ3v) is 2.12. The predicted molar refractivity (Wildman–Crippen MR) is 67.3 cm³/mol. The van der Waals surface area contributed by atoms with E-state index in [1.807, 2.05) is 0 Å². The quantitative estimate of drug-likeness (QED) is 0.681. The molecule has 1 amide bonds. The Labute approximate surface area is 96.0 Å². The minimum absolute atomic E-state index is 0.125. The van der Waals surface area contributed by atoms with Crippen molar-refractivity contribution in [3.8, 4) is 0 Å². The first-order chi connectivity index (χ1) is 7.29. The van der Waals surface area contributed by atoms with E-state index < -0.39 is 5.91 Å². The lowest BCUT2D eigenvalue weighted by molar-refractivity contribution is 0.100. The molecule has 0 radical (unpaired) electrons. The summed E-state index contributed by atoms with van der Waals surface area (Å²) in [4.78, 5) is 11.2. The molecule has 0 heterocycles. The monoisotopic (exact) mass is 221 g/mol. The zero-order chi connectivity index (χ0) is 12.3. The Kier molecular flexibility index (Phi) is 3.42. The highest BCUT2D eigenvalue weighted by atomic mass is 16.1. The van der Waals surface area contributed by atoms with Crippen molar-refractivity contribution in [1.29, 1.82) is 0 Å². The highest BCUT2D eigenvalue weighted by molar-refractivity contribution is 5.99. The Balaban J connectivity index is 2.93. The summed E-state index contributed by atoms with van der Waals surface area (Å²) in [6.07, 6.45) is 0.